The van der Waals surface area contributed by atoms with E-state index in [1.165, 1.54) is 4.52 Å². The number of rotatable bonds is 5. The van der Waals surface area contributed by atoms with Gasteiger partial charge in [-0.15, -0.1) is 0 Å². The summed E-state index contributed by atoms with van der Waals surface area (Å²) in [4.78, 5) is 46.9. The maximum atomic E-state index is 13.2. The minimum atomic E-state index is -0.121. The zero-order valence-electron chi connectivity index (χ0n) is 18.9. The molecule has 1 atom stereocenters. The van der Waals surface area contributed by atoms with Gasteiger partial charge in [0, 0.05) is 67.5 Å². The number of carbonyl (C=O) groups is 2. The largest absolute Gasteiger partial charge is 0.343 e. The van der Waals surface area contributed by atoms with Crippen molar-refractivity contribution < 1.29 is 9.59 Å². The molecule has 3 fully saturated rings. The van der Waals surface area contributed by atoms with E-state index in [4.69, 9.17) is 0 Å². The molecule has 1 aliphatic carbocycles. The van der Waals surface area contributed by atoms with Crippen LogP contribution < -0.4 is 5.56 Å². The summed E-state index contributed by atoms with van der Waals surface area (Å²) in [6.45, 7) is 4.99. The predicted octanol–water partition coefficient (Wildman–Crippen LogP) is 2.39. The number of H-pyrrole nitrogens is 1. The van der Waals surface area contributed by atoms with E-state index in [1.54, 1.807) is 0 Å². The number of likely N-dealkylation sites (tertiary alicyclic amines) is 2. The lowest BCUT2D eigenvalue weighted by atomic mass is 10.1. The van der Waals surface area contributed by atoms with Gasteiger partial charge in [0.05, 0.1) is 0 Å². The van der Waals surface area contributed by atoms with Crippen LogP contribution in [-0.4, -0.2) is 62.4 Å². The van der Waals surface area contributed by atoms with E-state index >= 15 is 0 Å². The van der Waals surface area contributed by atoms with E-state index in [1.807, 2.05) is 22.8 Å². The number of carbonyl (C=O) groups excluding carboxylic acids is 2. The molecule has 8 heteroatoms. The summed E-state index contributed by atoms with van der Waals surface area (Å²) in [6.07, 6.45) is 8.16. The Morgan fingerprint density at radius 3 is 2.56 bits per heavy atom. The number of fused-ring (bicyclic) bond motifs is 1. The average Bonchev–Trinajstić information content (AvgIpc) is 3.58. The van der Waals surface area contributed by atoms with Crippen LogP contribution in [0.25, 0.3) is 5.65 Å². The van der Waals surface area contributed by atoms with Crippen molar-refractivity contribution in [2.45, 2.75) is 70.6 Å². The van der Waals surface area contributed by atoms with Crippen LogP contribution in [0.2, 0.25) is 0 Å². The molecule has 2 amide bonds. The SMILES string of the molecule is Cc1nc2cc(C3CCN(C(=O)C4CCCC4)C3)[nH]n2c(=O)c1CCC(=O)N1CCCC1. The van der Waals surface area contributed by atoms with Gasteiger partial charge >= 0.3 is 0 Å². The first-order valence-electron chi connectivity index (χ1n) is 12.2. The fraction of sp³-hybridized carbons (Fsp3) is 0.667. The van der Waals surface area contributed by atoms with Gasteiger partial charge in [0.1, 0.15) is 0 Å². The van der Waals surface area contributed by atoms with Gasteiger partial charge in [-0.2, -0.15) is 0 Å². The normalized spacial score (nSPS) is 21.8. The maximum Gasteiger partial charge on any atom is 0.276 e. The van der Waals surface area contributed by atoms with Gasteiger partial charge in [-0.25, -0.2) is 9.50 Å². The van der Waals surface area contributed by atoms with Crippen LogP contribution in [0, 0.1) is 12.8 Å². The molecule has 1 unspecified atom stereocenters. The van der Waals surface area contributed by atoms with E-state index in [0.29, 0.717) is 42.2 Å². The molecule has 0 radical (unpaired) electrons. The topological polar surface area (TPSA) is 90.8 Å². The van der Waals surface area contributed by atoms with Crippen molar-refractivity contribution in [1.82, 2.24) is 24.4 Å². The molecule has 32 heavy (non-hydrogen) atoms. The van der Waals surface area contributed by atoms with Crippen molar-refractivity contribution in [2.75, 3.05) is 26.2 Å². The first-order chi connectivity index (χ1) is 15.5. The van der Waals surface area contributed by atoms with Crippen molar-refractivity contribution in [3.8, 4) is 0 Å². The third-order valence-electron chi connectivity index (χ3n) is 7.63. The molecule has 2 saturated heterocycles. The summed E-state index contributed by atoms with van der Waals surface area (Å²) in [5.41, 5.74) is 2.75. The number of aromatic nitrogens is 3. The average molecular weight is 440 g/mol. The van der Waals surface area contributed by atoms with Crippen LogP contribution in [0.5, 0.6) is 0 Å². The van der Waals surface area contributed by atoms with Crippen LogP contribution in [0.4, 0.5) is 0 Å². The second-order valence-electron chi connectivity index (χ2n) is 9.73. The Balaban J connectivity index is 1.30. The highest BCUT2D eigenvalue weighted by Crippen LogP contribution is 2.32. The third-order valence-corrected chi connectivity index (χ3v) is 7.63. The van der Waals surface area contributed by atoms with Crippen LogP contribution in [0.3, 0.4) is 0 Å². The fourth-order valence-corrected chi connectivity index (χ4v) is 5.69. The van der Waals surface area contributed by atoms with Gasteiger partial charge in [-0.1, -0.05) is 12.8 Å². The Bertz CT molecular complexity index is 1080. The summed E-state index contributed by atoms with van der Waals surface area (Å²) < 4.78 is 1.51. The molecule has 172 valence electrons. The molecule has 2 aromatic heterocycles. The number of amides is 2. The van der Waals surface area contributed by atoms with E-state index in [2.05, 4.69) is 10.1 Å². The summed E-state index contributed by atoms with van der Waals surface area (Å²) in [6, 6.07) is 1.95. The van der Waals surface area contributed by atoms with Crippen LogP contribution in [-0.2, 0) is 16.0 Å². The van der Waals surface area contributed by atoms with Crippen molar-refractivity contribution in [3.63, 3.8) is 0 Å². The molecule has 8 nitrogen and oxygen atoms in total. The van der Waals surface area contributed by atoms with Gasteiger partial charge in [0.15, 0.2) is 5.65 Å². The molecule has 2 aliphatic heterocycles. The Hall–Kier alpha value is -2.64. The summed E-state index contributed by atoms with van der Waals surface area (Å²) in [5.74, 6) is 0.824. The third kappa shape index (κ3) is 3.95. The Labute approximate surface area is 188 Å². The Morgan fingerprint density at radius 1 is 1.06 bits per heavy atom. The van der Waals surface area contributed by atoms with Gasteiger partial charge in [0.25, 0.3) is 5.56 Å². The minimum Gasteiger partial charge on any atom is -0.343 e. The fourth-order valence-electron chi connectivity index (χ4n) is 5.69. The monoisotopic (exact) mass is 439 g/mol. The smallest absolute Gasteiger partial charge is 0.276 e. The lowest BCUT2D eigenvalue weighted by Gasteiger charge is -2.20. The summed E-state index contributed by atoms with van der Waals surface area (Å²) in [5, 5.41) is 3.25. The number of aromatic amines is 1. The van der Waals surface area contributed by atoms with Gasteiger partial charge in [0.2, 0.25) is 11.8 Å². The molecular weight excluding hydrogens is 406 g/mol. The lowest BCUT2D eigenvalue weighted by Crippen LogP contribution is -2.33. The summed E-state index contributed by atoms with van der Waals surface area (Å²) in [7, 11) is 0. The Morgan fingerprint density at radius 2 is 1.81 bits per heavy atom. The molecule has 0 bridgehead atoms. The second-order valence-corrected chi connectivity index (χ2v) is 9.73. The number of aryl methyl sites for hydroxylation is 1. The van der Waals surface area contributed by atoms with Crippen LogP contribution in [0.15, 0.2) is 10.9 Å². The van der Waals surface area contributed by atoms with Crippen molar-refractivity contribution in [3.05, 3.63) is 33.4 Å². The molecule has 2 aromatic rings. The second kappa shape index (κ2) is 8.71. The van der Waals surface area contributed by atoms with Crippen LogP contribution >= 0.6 is 0 Å². The number of hydrogen-bond acceptors (Lipinski definition) is 4. The molecule has 1 saturated carbocycles. The molecule has 0 spiro atoms. The zero-order valence-corrected chi connectivity index (χ0v) is 18.9. The first-order valence-corrected chi connectivity index (χ1v) is 12.2. The van der Waals surface area contributed by atoms with Crippen molar-refractivity contribution >= 4 is 17.5 Å². The van der Waals surface area contributed by atoms with Gasteiger partial charge in [-0.3, -0.25) is 19.5 Å². The molecule has 5 rings (SSSR count). The van der Waals surface area contributed by atoms with Crippen LogP contribution in [0.1, 0.15) is 74.2 Å². The number of nitrogens with zero attached hydrogens (tertiary/aromatic N) is 4. The predicted molar refractivity (Wildman–Crippen MR) is 121 cm³/mol. The number of hydrogen-bond donors (Lipinski definition) is 1. The highest BCUT2D eigenvalue weighted by atomic mass is 16.2. The number of nitrogens with one attached hydrogen (secondary N) is 1. The zero-order chi connectivity index (χ0) is 22.2. The molecule has 4 heterocycles. The molecular formula is C24H33N5O3. The van der Waals surface area contributed by atoms with E-state index in [-0.39, 0.29) is 23.3 Å². The first kappa shape index (κ1) is 21.2. The molecule has 1 N–H and O–H groups in total. The highest BCUT2D eigenvalue weighted by molar-refractivity contribution is 5.79. The van der Waals surface area contributed by atoms with E-state index in [9.17, 15) is 14.4 Å². The summed E-state index contributed by atoms with van der Waals surface area (Å²) >= 11 is 0. The van der Waals surface area contributed by atoms with E-state index in [0.717, 1.165) is 70.3 Å². The van der Waals surface area contributed by atoms with E-state index < -0.39 is 0 Å². The van der Waals surface area contributed by atoms with Crippen molar-refractivity contribution in [2.24, 2.45) is 5.92 Å². The standard InChI is InChI=1S/C24H33N5O3/c1-16-19(8-9-22(30)27-11-4-5-12-27)24(32)29-21(25-16)14-20(26-29)18-10-13-28(15-18)23(31)17-6-2-3-7-17/h14,17-18,26H,2-13,15H2,1H3. The lowest BCUT2D eigenvalue weighted by molar-refractivity contribution is -0.134. The highest BCUT2D eigenvalue weighted by Gasteiger charge is 2.33. The van der Waals surface area contributed by atoms with Crippen molar-refractivity contribution in [1.29, 1.82) is 0 Å². The maximum absolute atomic E-state index is 13.2. The molecule has 3 aliphatic rings. The minimum absolute atomic E-state index is 0.121. The Kier molecular flexibility index (Phi) is 5.78. The van der Waals surface area contributed by atoms with Gasteiger partial charge < -0.3 is 9.80 Å². The molecule has 0 aromatic carbocycles. The quantitative estimate of drug-likeness (QED) is 0.775. The van der Waals surface area contributed by atoms with Gasteiger partial charge in [-0.05, 0) is 45.4 Å².